The van der Waals surface area contributed by atoms with E-state index in [0.29, 0.717) is 6.54 Å². The Morgan fingerprint density at radius 3 is 2.50 bits per heavy atom. The van der Waals surface area contributed by atoms with Crippen LogP contribution in [0.25, 0.3) is 11.1 Å². The van der Waals surface area contributed by atoms with Crippen molar-refractivity contribution in [3.63, 3.8) is 0 Å². The van der Waals surface area contributed by atoms with Crippen molar-refractivity contribution in [1.82, 2.24) is 0 Å². The highest BCUT2D eigenvalue weighted by atomic mass is 16.3. The van der Waals surface area contributed by atoms with Crippen LogP contribution in [0.5, 0.6) is 0 Å². The second kappa shape index (κ2) is 4.93. The van der Waals surface area contributed by atoms with Crippen LogP contribution < -0.4 is 4.57 Å². The summed E-state index contributed by atoms with van der Waals surface area (Å²) in [7, 11) is 0. The van der Waals surface area contributed by atoms with Crippen LogP contribution in [-0.4, -0.2) is 5.78 Å². The summed E-state index contributed by atoms with van der Waals surface area (Å²) in [6.45, 7) is 4.19. The Bertz CT molecular complexity index is 769. The molecule has 2 aromatic carbocycles. The summed E-state index contributed by atoms with van der Waals surface area (Å²) in [6.07, 6.45) is 0. The number of fused-ring (bicyclic) bond motifs is 1. The summed E-state index contributed by atoms with van der Waals surface area (Å²) in [5.74, 6) is 0.830. The molecule has 0 bridgehead atoms. The van der Waals surface area contributed by atoms with Gasteiger partial charge in [-0.05, 0) is 13.0 Å². The molecule has 3 aromatic rings. The minimum atomic E-state index is 0.0876. The number of benzene rings is 2. The molecule has 0 aliphatic carbocycles. The number of hydrogen-bond donors (Lipinski definition) is 0. The topological polar surface area (TPSA) is 34.1 Å². The molecule has 0 radical (unpaired) electrons. The van der Waals surface area contributed by atoms with Gasteiger partial charge in [-0.3, -0.25) is 4.79 Å². The van der Waals surface area contributed by atoms with E-state index in [9.17, 15) is 4.79 Å². The molecule has 3 nitrogen and oxygen atoms in total. The molecule has 1 aromatic heterocycles. The maximum Gasteiger partial charge on any atom is 0.345 e. The summed E-state index contributed by atoms with van der Waals surface area (Å²) in [6, 6.07) is 15.4. The number of aromatic nitrogens is 1. The van der Waals surface area contributed by atoms with E-state index in [4.69, 9.17) is 4.42 Å². The highest BCUT2D eigenvalue weighted by Crippen LogP contribution is 2.13. The predicted molar refractivity (Wildman–Crippen MR) is 76.7 cm³/mol. The molecule has 1 heterocycles. The van der Waals surface area contributed by atoms with Gasteiger partial charge in [0.05, 0.1) is 6.92 Å². The van der Waals surface area contributed by atoms with Gasteiger partial charge in [0.15, 0.2) is 0 Å². The van der Waals surface area contributed by atoms with Gasteiger partial charge in [0.25, 0.3) is 5.52 Å². The molecule has 100 valence electrons. The maximum absolute atomic E-state index is 12.4. The van der Waals surface area contributed by atoms with E-state index in [2.05, 4.69) is 0 Å². The molecule has 20 heavy (non-hydrogen) atoms. The number of para-hydroxylation sites is 2. The first-order valence-electron chi connectivity index (χ1n) is 6.63. The summed E-state index contributed by atoms with van der Waals surface area (Å²) in [4.78, 5) is 12.4. The number of oxazole rings is 1. The number of carbonyl (C=O) groups excluding carboxylic acids is 1. The van der Waals surface area contributed by atoms with Crippen LogP contribution in [0.15, 0.2) is 52.9 Å². The van der Waals surface area contributed by atoms with Gasteiger partial charge in [-0.15, -0.1) is 0 Å². The minimum absolute atomic E-state index is 0.0876. The number of aryl methyl sites for hydroxylation is 2. The Morgan fingerprint density at radius 1 is 1.05 bits per heavy atom. The third-order valence-corrected chi connectivity index (χ3v) is 3.47. The quantitative estimate of drug-likeness (QED) is 0.539. The van der Waals surface area contributed by atoms with E-state index in [0.717, 1.165) is 28.1 Å². The molecule has 0 aliphatic rings. The zero-order valence-corrected chi connectivity index (χ0v) is 11.6. The molecular formula is C17H16NO2+. The monoisotopic (exact) mass is 266 g/mol. The second-order valence-corrected chi connectivity index (χ2v) is 4.96. The van der Waals surface area contributed by atoms with E-state index in [-0.39, 0.29) is 5.78 Å². The van der Waals surface area contributed by atoms with Crippen LogP contribution >= 0.6 is 0 Å². The van der Waals surface area contributed by atoms with E-state index < -0.39 is 0 Å². The summed E-state index contributed by atoms with van der Waals surface area (Å²) in [5, 5.41) is 0. The SMILES string of the molecule is Cc1ccc(C(=O)C[n+]2c(C)oc3ccccc32)cc1. The van der Waals surface area contributed by atoms with Gasteiger partial charge in [-0.2, -0.15) is 4.57 Å². The van der Waals surface area contributed by atoms with E-state index >= 15 is 0 Å². The summed E-state index contributed by atoms with van der Waals surface area (Å²) < 4.78 is 7.58. The first-order chi connectivity index (χ1) is 9.65. The minimum Gasteiger partial charge on any atom is -0.402 e. The van der Waals surface area contributed by atoms with Crippen molar-refractivity contribution in [2.45, 2.75) is 20.4 Å². The molecule has 0 N–H and O–H groups in total. The number of carbonyl (C=O) groups is 1. The molecule has 0 spiro atoms. The fourth-order valence-electron chi connectivity index (χ4n) is 2.32. The molecule has 3 rings (SSSR count). The second-order valence-electron chi connectivity index (χ2n) is 4.96. The smallest absolute Gasteiger partial charge is 0.345 e. The maximum atomic E-state index is 12.4. The summed E-state index contributed by atoms with van der Waals surface area (Å²) in [5.41, 5.74) is 3.64. The van der Waals surface area contributed by atoms with Gasteiger partial charge in [0.2, 0.25) is 17.9 Å². The predicted octanol–water partition coefficient (Wildman–Crippen LogP) is 3.22. The molecule has 3 heteroatoms. The first-order valence-corrected chi connectivity index (χ1v) is 6.63. The highest BCUT2D eigenvalue weighted by molar-refractivity contribution is 5.95. The molecule has 0 saturated heterocycles. The normalized spacial score (nSPS) is 10.9. The average molecular weight is 266 g/mol. The Kier molecular flexibility index (Phi) is 3.11. The van der Waals surface area contributed by atoms with Crippen molar-refractivity contribution < 1.29 is 13.8 Å². The van der Waals surface area contributed by atoms with E-state index in [1.54, 1.807) is 0 Å². The van der Waals surface area contributed by atoms with Gasteiger partial charge in [0.1, 0.15) is 0 Å². The molecule has 0 unspecified atom stereocenters. The van der Waals surface area contributed by atoms with Gasteiger partial charge >= 0.3 is 5.89 Å². The Morgan fingerprint density at radius 2 is 1.75 bits per heavy atom. The largest absolute Gasteiger partial charge is 0.402 e. The van der Waals surface area contributed by atoms with Crippen molar-refractivity contribution in [2.75, 3.05) is 0 Å². The number of hydrogen-bond acceptors (Lipinski definition) is 2. The summed E-state index contributed by atoms with van der Waals surface area (Å²) >= 11 is 0. The molecule has 0 amide bonds. The number of rotatable bonds is 3. The lowest BCUT2D eigenvalue weighted by molar-refractivity contribution is -0.668. The number of ketones is 1. The van der Waals surface area contributed by atoms with Crippen molar-refractivity contribution in [1.29, 1.82) is 0 Å². The standard InChI is InChI=1S/C17H16NO2/c1-12-7-9-14(10-8-12)16(19)11-18-13(2)20-17-6-4-3-5-15(17)18/h3-10H,11H2,1-2H3/q+1. The van der Waals surface area contributed by atoms with Crippen molar-refractivity contribution >= 4 is 16.9 Å². The average Bonchev–Trinajstić information content (AvgIpc) is 2.76. The van der Waals surface area contributed by atoms with Crippen LogP contribution in [0, 0.1) is 13.8 Å². The zero-order valence-electron chi connectivity index (χ0n) is 11.6. The van der Waals surface area contributed by atoms with E-state index in [1.807, 2.05) is 66.9 Å². The lowest BCUT2D eigenvalue weighted by Crippen LogP contribution is -2.39. The van der Waals surface area contributed by atoms with Crippen molar-refractivity contribution in [2.24, 2.45) is 0 Å². The Hall–Kier alpha value is -2.42. The van der Waals surface area contributed by atoms with Gasteiger partial charge in [-0.25, -0.2) is 0 Å². The highest BCUT2D eigenvalue weighted by Gasteiger charge is 2.22. The van der Waals surface area contributed by atoms with Gasteiger partial charge in [-0.1, -0.05) is 42.0 Å². The van der Waals surface area contributed by atoms with Crippen molar-refractivity contribution in [3.8, 4) is 0 Å². The molecule has 0 fully saturated rings. The lowest BCUT2D eigenvalue weighted by Gasteiger charge is -1.98. The fraction of sp³-hybridized carbons (Fsp3) is 0.176. The molecule has 0 saturated carbocycles. The number of Topliss-reactive ketones (excluding diaryl/α,β-unsaturated/α-hetero) is 1. The van der Waals surface area contributed by atoms with E-state index in [1.165, 1.54) is 0 Å². The van der Waals surface area contributed by atoms with Gasteiger partial charge < -0.3 is 4.42 Å². The Balaban J connectivity index is 1.95. The lowest BCUT2D eigenvalue weighted by atomic mass is 10.1. The first kappa shape index (κ1) is 12.6. The Labute approximate surface area is 117 Å². The molecule has 0 atom stereocenters. The molecule has 0 aliphatic heterocycles. The third kappa shape index (κ3) is 2.23. The third-order valence-electron chi connectivity index (χ3n) is 3.47. The molecular weight excluding hydrogens is 250 g/mol. The van der Waals surface area contributed by atoms with Crippen LogP contribution in [0.1, 0.15) is 21.8 Å². The van der Waals surface area contributed by atoms with Crippen molar-refractivity contribution in [3.05, 3.63) is 65.5 Å². The van der Waals surface area contributed by atoms with Crippen LogP contribution in [0.2, 0.25) is 0 Å². The van der Waals surface area contributed by atoms with Crippen LogP contribution in [-0.2, 0) is 6.54 Å². The zero-order chi connectivity index (χ0) is 14.1. The van der Waals surface area contributed by atoms with Crippen LogP contribution in [0.4, 0.5) is 0 Å². The van der Waals surface area contributed by atoms with Crippen LogP contribution in [0.3, 0.4) is 0 Å². The number of nitrogens with zero attached hydrogens (tertiary/aromatic N) is 1. The fourth-order valence-corrected chi connectivity index (χ4v) is 2.32. The van der Waals surface area contributed by atoms with Gasteiger partial charge in [0, 0.05) is 11.6 Å².